The number of nitrogens with zero attached hydrogens (tertiary/aromatic N) is 5. The van der Waals surface area contributed by atoms with Gasteiger partial charge in [0, 0.05) is 39.3 Å². The highest BCUT2D eigenvalue weighted by Crippen LogP contribution is 2.25. The number of hydrazine groups is 1. The molecule has 2 heterocycles. The van der Waals surface area contributed by atoms with E-state index in [4.69, 9.17) is 0 Å². The third-order valence-electron chi connectivity index (χ3n) is 6.64. The number of amides is 2. The van der Waals surface area contributed by atoms with Crippen molar-refractivity contribution >= 4 is 33.5 Å². The van der Waals surface area contributed by atoms with Crippen molar-refractivity contribution in [1.82, 2.24) is 18.9 Å². The molecule has 10 nitrogen and oxygen atoms in total. The summed E-state index contributed by atoms with van der Waals surface area (Å²) < 4.78 is 29.2. The van der Waals surface area contributed by atoms with E-state index in [0.29, 0.717) is 5.69 Å². The number of aryl methyl sites for hydroxylation is 1. The normalized spacial score (nSPS) is 21.2. The summed E-state index contributed by atoms with van der Waals surface area (Å²) in [5.41, 5.74) is 4.54. The number of benzene rings is 1. The van der Waals surface area contributed by atoms with Crippen LogP contribution in [0.4, 0.5) is 5.69 Å². The molecule has 33 heavy (non-hydrogen) atoms. The first-order valence-corrected chi connectivity index (χ1v) is 12.9. The van der Waals surface area contributed by atoms with Gasteiger partial charge in [0.05, 0.1) is 5.69 Å². The molecule has 2 fully saturated rings. The van der Waals surface area contributed by atoms with Gasteiger partial charge in [-0.1, -0.05) is 37.0 Å². The van der Waals surface area contributed by atoms with E-state index in [2.05, 4.69) is 10.4 Å². The average molecular weight is 477 g/mol. The average Bonchev–Trinajstić information content (AvgIpc) is 2.84. The predicted molar refractivity (Wildman–Crippen MR) is 126 cm³/mol. The lowest BCUT2D eigenvalue weighted by molar-refractivity contribution is -0.125. The lowest BCUT2D eigenvalue weighted by Gasteiger charge is -2.39. The minimum atomic E-state index is -3.56. The number of hydrogen-bond acceptors (Lipinski definition) is 6. The van der Waals surface area contributed by atoms with Crippen LogP contribution in [-0.4, -0.2) is 85.4 Å². The Morgan fingerprint density at radius 2 is 1.70 bits per heavy atom. The molecular formula is C22H32N6O4S. The number of amidine groups is 1. The summed E-state index contributed by atoms with van der Waals surface area (Å²) >= 11 is 0. The molecule has 0 spiro atoms. The van der Waals surface area contributed by atoms with Crippen molar-refractivity contribution in [2.75, 3.05) is 44.8 Å². The second-order valence-electron chi connectivity index (χ2n) is 8.85. The summed E-state index contributed by atoms with van der Waals surface area (Å²) in [5, 5.41) is 1.33. The van der Waals surface area contributed by atoms with Crippen molar-refractivity contribution in [3.63, 3.8) is 0 Å². The number of carbonyl (C=O) groups excluding carboxylic acids is 2. The van der Waals surface area contributed by atoms with Crippen LogP contribution in [0.2, 0.25) is 0 Å². The molecule has 1 aromatic rings. The highest BCUT2D eigenvalue weighted by molar-refractivity contribution is 7.86. The molecule has 1 aromatic carbocycles. The zero-order valence-electron chi connectivity index (χ0n) is 19.2. The van der Waals surface area contributed by atoms with E-state index < -0.39 is 10.2 Å². The Labute approximate surface area is 195 Å². The van der Waals surface area contributed by atoms with Gasteiger partial charge in [0.2, 0.25) is 5.84 Å². The summed E-state index contributed by atoms with van der Waals surface area (Å²) in [7, 11) is -1.89. The molecule has 0 atom stereocenters. The molecule has 2 aliphatic heterocycles. The predicted octanol–water partition coefficient (Wildman–Crippen LogP) is 0.898. The number of rotatable bonds is 5. The van der Waals surface area contributed by atoms with Crippen LogP contribution < -0.4 is 10.4 Å². The maximum atomic E-state index is 13.1. The summed E-state index contributed by atoms with van der Waals surface area (Å²) in [6, 6.07) is 7.44. The Bertz CT molecular complexity index is 1010. The van der Waals surface area contributed by atoms with Gasteiger partial charge in [-0.25, -0.2) is 5.01 Å². The molecule has 0 radical (unpaired) electrons. The molecule has 1 saturated carbocycles. The molecule has 1 N–H and O–H groups in total. The SMILES string of the molecule is Cc1ccc(N2NC(C(=O)N3CCN(S(=O)(=O)N(C)C4CCCCC4)CC3)=NCC2=O)cc1. The second kappa shape index (κ2) is 9.78. The van der Waals surface area contributed by atoms with Crippen molar-refractivity contribution in [3.8, 4) is 0 Å². The zero-order valence-corrected chi connectivity index (χ0v) is 20.1. The number of hydrogen-bond donors (Lipinski definition) is 1. The van der Waals surface area contributed by atoms with E-state index >= 15 is 0 Å². The van der Waals surface area contributed by atoms with Crippen LogP contribution in [0, 0.1) is 6.92 Å². The lowest BCUT2D eigenvalue weighted by Crippen LogP contribution is -2.60. The van der Waals surface area contributed by atoms with E-state index in [9.17, 15) is 18.0 Å². The highest BCUT2D eigenvalue weighted by atomic mass is 32.2. The van der Waals surface area contributed by atoms with Gasteiger partial charge in [-0.15, -0.1) is 0 Å². The molecule has 1 saturated heterocycles. The topological polar surface area (TPSA) is 106 Å². The monoisotopic (exact) mass is 476 g/mol. The van der Waals surface area contributed by atoms with Crippen LogP contribution in [0.15, 0.2) is 29.3 Å². The summed E-state index contributed by atoms with van der Waals surface area (Å²) in [6.45, 7) is 2.85. The fourth-order valence-electron chi connectivity index (χ4n) is 4.53. The van der Waals surface area contributed by atoms with Crippen LogP contribution in [-0.2, 0) is 19.8 Å². The largest absolute Gasteiger partial charge is 0.333 e. The molecule has 1 aliphatic carbocycles. The molecule has 4 rings (SSSR count). The Morgan fingerprint density at radius 1 is 1.06 bits per heavy atom. The molecule has 180 valence electrons. The first-order valence-electron chi connectivity index (χ1n) is 11.5. The van der Waals surface area contributed by atoms with Gasteiger partial charge < -0.3 is 4.90 Å². The Morgan fingerprint density at radius 3 is 2.33 bits per heavy atom. The Balaban J connectivity index is 1.37. The van der Waals surface area contributed by atoms with Crippen molar-refractivity contribution in [1.29, 1.82) is 0 Å². The molecule has 0 aromatic heterocycles. The Kier molecular flexibility index (Phi) is 7.01. The lowest BCUT2D eigenvalue weighted by atomic mass is 9.96. The summed E-state index contributed by atoms with van der Waals surface area (Å²) in [4.78, 5) is 31.1. The van der Waals surface area contributed by atoms with Gasteiger partial charge in [-0.2, -0.15) is 17.0 Å². The molecule has 2 amide bonds. The smallest absolute Gasteiger partial charge is 0.290 e. The van der Waals surface area contributed by atoms with Gasteiger partial charge >= 0.3 is 0 Å². The number of carbonyl (C=O) groups is 2. The minimum Gasteiger partial charge on any atom is -0.333 e. The molecule has 0 unspecified atom stereocenters. The number of anilines is 1. The number of aliphatic imine (C=N–C) groups is 1. The van der Waals surface area contributed by atoms with Gasteiger partial charge in [0.1, 0.15) is 6.54 Å². The van der Waals surface area contributed by atoms with Crippen LogP contribution >= 0.6 is 0 Å². The van der Waals surface area contributed by atoms with E-state index in [0.717, 1.165) is 37.7 Å². The van der Waals surface area contributed by atoms with E-state index in [-0.39, 0.29) is 56.4 Å². The van der Waals surface area contributed by atoms with Gasteiger partial charge in [0.15, 0.2) is 0 Å². The standard InChI is InChI=1S/C22H32N6O4S/c1-17-8-10-19(11-9-17)28-20(29)16-23-21(24-28)22(30)26-12-14-27(15-13-26)33(31,32)25(2)18-6-4-3-5-7-18/h8-11,18H,3-7,12-16H2,1-2H3,(H,23,24). The van der Waals surface area contributed by atoms with Gasteiger partial charge in [-0.3, -0.25) is 20.0 Å². The fourth-order valence-corrected chi connectivity index (χ4v) is 6.10. The highest BCUT2D eigenvalue weighted by Gasteiger charge is 2.37. The van der Waals surface area contributed by atoms with Crippen molar-refractivity contribution in [3.05, 3.63) is 29.8 Å². The quantitative estimate of drug-likeness (QED) is 0.680. The molecule has 0 bridgehead atoms. The third kappa shape index (κ3) is 5.04. The first-order chi connectivity index (χ1) is 15.8. The van der Waals surface area contributed by atoms with Crippen LogP contribution in [0.3, 0.4) is 0 Å². The van der Waals surface area contributed by atoms with Crippen molar-refractivity contribution < 1.29 is 18.0 Å². The van der Waals surface area contributed by atoms with Crippen LogP contribution in [0.1, 0.15) is 37.7 Å². The van der Waals surface area contributed by atoms with Gasteiger partial charge in [0.25, 0.3) is 22.0 Å². The maximum Gasteiger partial charge on any atom is 0.290 e. The summed E-state index contributed by atoms with van der Waals surface area (Å²) in [6.07, 6.45) is 5.08. The fraction of sp³-hybridized carbons (Fsp3) is 0.591. The Hall–Kier alpha value is -2.50. The van der Waals surface area contributed by atoms with E-state index in [1.54, 1.807) is 24.1 Å². The van der Waals surface area contributed by atoms with E-state index in [1.807, 2.05) is 19.1 Å². The maximum absolute atomic E-state index is 13.1. The van der Waals surface area contributed by atoms with Crippen LogP contribution in [0.25, 0.3) is 0 Å². The molecular weight excluding hydrogens is 444 g/mol. The number of piperazine rings is 1. The zero-order chi connectivity index (χ0) is 23.6. The first kappa shape index (κ1) is 23.7. The molecule has 3 aliphatic rings. The van der Waals surface area contributed by atoms with Gasteiger partial charge in [-0.05, 0) is 31.9 Å². The third-order valence-corrected chi connectivity index (χ3v) is 8.68. The van der Waals surface area contributed by atoms with Crippen molar-refractivity contribution in [2.24, 2.45) is 4.99 Å². The second-order valence-corrected chi connectivity index (χ2v) is 10.8. The van der Waals surface area contributed by atoms with E-state index in [1.165, 1.54) is 13.6 Å². The van der Waals surface area contributed by atoms with Crippen molar-refractivity contribution in [2.45, 2.75) is 45.1 Å². The summed E-state index contributed by atoms with van der Waals surface area (Å²) in [5.74, 6) is -0.500. The van der Waals surface area contributed by atoms with Crippen LogP contribution in [0.5, 0.6) is 0 Å². The molecule has 11 heteroatoms. The minimum absolute atomic E-state index is 0.0505. The number of nitrogens with one attached hydrogen (secondary N) is 1.